The smallest absolute Gasteiger partial charge is 0.165 e. The molecule has 0 aliphatic heterocycles. The van der Waals surface area contributed by atoms with Crippen LogP contribution in [-0.4, -0.2) is 10.2 Å². The van der Waals surface area contributed by atoms with E-state index in [1.54, 1.807) is 6.07 Å². The lowest BCUT2D eigenvalue weighted by atomic mass is 10.1. The first-order valence-corrected chi connectivity index (χ1v) is 3.30. The van der Waals surface area contributed by atoms with E-state index in [0.29, 0.717) is 5.56 Å². The fourth-order valence-electron chi connectivity index (χ4n) is 0.955. The van der Waals surface area contributed by atoms with Crippen LogP contribution in [0, 0.1) is 6.92 Å². The maximum atomic E-state index is 9.26. The number of aryl methyl sites for hydroxylation is 1. The molecule has 2 N–H and O–H groups in total. The largest absolute Gasteiger partial charge is 0.504 e. The Balaban J connectivity index is 3.40. The maximum absolute atomic E-state index is 9.26. The second kappa shape index (κ2) is 2.66. The Bertz CT molecular complexity index is 290. The van der Waals surface area contributed by atoms with Gasteiger partial charge in [-0.1, -0.05) is 18.7 Å². The van der Waals surface area contributed by atoms with Crippen LogP contribution in [0.3, 0.4) is 0 Å². The third kappa shape index (κ3) is 1.19. The van der Waals surface area contributed by atoms with Gasteiger partial charge in [-0.25, -0.2) is 0 Å². The van der Waals surface area contributed by atoms with E-state index in [0.717, 1.165) is 5.56 Å². The Morgan fingerprint density at radius 2 is 2.00 bits per heavy atom. The topological polar surface area (TPSA) is 40.5 Å². The third-order valence-corrected chi connectivity index (χ3v) is 1.62. The highest BCUT2D eigenvalue weighted by atomic mass is 16.3. The van der Waals surface area contributed by atoms with E-state index in [9.17, 15) is 5.11 Å². The highest BCUT2D eigenvalue weighted by Crippen LogP contribution is 2.31. The molecule has 2 heteroatoms. The molecule has 1 rings (SSSR count). The number of hydrogen-bond acceptors (Lipinski definition) is 2. The van der Waals surface area contributed by atoms with Crippen LogP contribution >= 0.6 is 0 Å². The predicted octanol–water partition coefficient (Wildman–Crippen LogP) is 2.05. The van der Waals surface area contributed by atoms with Crippen LogP contribution in [0.5, 0.6) is 11.5 Å². The fraction of sp³-hybridized carbons (Fsp3) is 0.111. The van der Waals surface area contributed by atoms with Crippen LogP contribution in [0.15, 0.2) is 18.7 Å². The molecule has 0 amide bonds. The van der Waals surface area contributed by atoms with Crippen molar-refractivity contribution in [3.8, 4) is 11.5 Å². The minimum atomic E-state index is -0.106. The predicted molar refractivity (Wildman–Crippen MR) is 44.6 cm³/mol. The van der Waals surface area contributed by atoms with Crippen molar-refractivity contribution in [2.45, 2.75) is 6.92 Å². The van der Waals surface area contributed by atoms with Crippen molar-refractivity contribution in [2.24, 2.45) is 0 Å². The number of aromatic hydroxyl groups is 2. The summed E-state index contributed by atoms with van der Waals surface area (Å²) in [7, 11) is 0. The average molecular weight is 150 g/mol. The Kier molecular flexibility index (Phi) is 1.85. The molecule has 0 spiro atoms. The summed E-state index contributed by atoms with van der Waals surface area (Å²) in [6, 6.07) is 3.18. The van der Waals surface area contributed by atoms with Gasteiger partial charge in [0.1, 0.15) is 0 Å². The van der Waals surface area contributed by atoms with Crippen molar-refractivity contribution in [3.05, 3.63) is 29.8 Å². The molecule has 2 nitrogen and oxygen atoms in total. The zero-order chi connectivity index (χ0) is 8.43. The first-order valence-electron chi connectivity index (χ1n) is 3.30. The molecule has 0 aromatic heterocycles. The summed E-state index contributed by atoms with van der Waals surface area (Å²) in [5, 5.41) is 18.3. The van der Waals surface area contributed by atoms with E-state index in [1.807, 2.05) is 6.92 Å². The average Bonchev–Trinajstić information content (AvgIpc) is 1.99. The van der Waals surface area contributed by atoms with Crippen molar-refractivity contribution in [1.29, 1.82) is 0 Å². The van der Waals surface area contributed by atoms with Crippen molar-refractivity contribution >= 4 is 6.08 Å². The van der Waals surface area contributed by atoms with Gasteiger partial charge in [0, 0.05) is 5.56 Å². The van der Waals surface area contributed by atoms with Gasteiger partial charge in [-0.15, -0.1) is 0 Å². The number of hydrogen-bond donors (Lipinski definition) is 2. The fourth-order valence-corrected chi connectivity index (χ4v) is 0.955. The highest BCUT2D eigenvalue weighted by molar-refractivity contribution is 5.63. The number of phenols is 2. The van der Waals surface area contributed by atoms with E-state index in [-0.39, 0.29) is 11.5 Å². The summed E-state index contributed by atoms with van der Waals surface area (Å²) in [5.41, 5.74) is 1.49. The summed E-state index contributed by atoms with van der Waals surface area (Å²) in [6.07, 6.45) is 1.52. The van der Waals surface area contributed by atoms with Gasteiger partial charge >= 0.3 is 0 Å². The van der Waals surface area contributed by atoms with Crippen molar-refractivity contribution in [2.75, 3.05) is 0 Å². The van der Waals surface area contributed by atoms with Gasteiger partial charge in [-0.3, -0.25) is 0 Å². The summed E-state index contributed by atoms with van der Waals surface area (Å²) in [4.78, 5) is 0. The van der Waals surface area contributed by atoms with Gasteiger partial charge in [0.25, 0.3) is 0 Å². The van der Waals surface area contributed by atoms with Crippen LogP contribution in [0.1, 0.15) is 11.1 Å². The van der Waals surface area contributed by atoms with E-state index < -0.39 is 0 Å². The molecular formula is C9H10O2. The molecule has 0 atom stereocenters. The SMILES string of the molecule is C=Cc1c(C)ccc(O)c1O. The zero-order valence-corrected chi connectivity index (χ0v) is 6.33. The monoisotopic (exact) mass is 150 g/mol. The third-order valence-electron chi connectivity index (χ3n) is 1.62. The van der Waals surface area contributed by atoms with E-state index >= 15 is 0 Å². The number of benzene rings is 1. The summed E-state index contributed by atoms with van der Waals surface area (Å²) < 4.78 is 0. The van der Waals surface area contributed by atoms with Gasteiger partial charge in [-0.2, -0.15) is 0 Å². The summed E-state index contributed by atoms with van der Waals surface area (Å²) in [5.74, 6) is -0.203. The molecule has 0 saturated heterocycles. The molecule has 0 unspecified atom stereocenters. The van der Waals surface area contributed by atoms with Gasteiger partial charge < -0.3 is 10.2 Å². The second-order valence-corrected chi connectivity index (χ2v) is 2.37. The van der Waals surface area contributed by atoms with Crippen molar-refractivity contribution in [1.82, 2.24) is 0 Å². The molecule has 0 heterocycles. The quantitative estimate of drug-likeness (QED) is 0.601. The van der Waals surface area contributed by atoms with E-state index in [2.05, 4.69) is 6.58 Å². The van der Waals surface area contributed by atoms with Gasteiger partial charge in [0.15, 0.2) is 11.5 Å². The van der Waals surface area contributed by atoms with Crippen molar-refractivity contribution < 1.29 is 10.2 Å². The lowest BCUT2D eigenvalue weighted by Crippen LogP contribution is -1.80. The molecule has 0 bridgehead atoms. The molecule has 11 heavy (non-hydrogen) atoms. The molecule has 58 valence electrons. The zero-order valence-electron chi connectivity index (χ0n) is 6.33. The minimum absolute atomic E-state index is 0.0972. The summed E-state index contributed by atoms with van der Waals surface area (Å²) >= 11 is 0. The summed E-state index contributed by atoms with van der Waals surface area (Å²) in [6.45, 7) is 5.37. The second-order valence-electron chi connectivity index (χ2n) is 2.37. The molecule has 0 aliphatic rings. The number of phenolic OH excluding ortho intramolecular Hbond substituents is 2. The molecular weight excluding hydrogens is 140 g/mol. The minimum Gasteiger partial charge on any atom is -0.504 e. The lowest BCUT2D eigenvalue weighted by molar-refractivity contribution is 0.402. The molecule has 1 aromatic carbocycles. The van der Waals surface area contributed by atoms with Crippen LogP contribution in [0.25, 0.3) is 6.08 Å². The lowest BCUT2D eigenvalue weighted by Gasteiger charge is -2.04. The number of rotatable bonds is 1. The molecule has 1 aromatic rings. The normalized spacial score (nSPS) is 9.55. The Morgan fingerprint density at radius 3 is 2.45 bits per heavy atom. The van der Waals surface area contributed by atoms with E-state index in [1.165, 1.54) is 12.1 Å². The molecule has 0 fully saturated rings. The van der Waals surface area contributed by atoms with Gasteiger partial charge in [-0.05, 0) is 18.6 Å². The van der Waals surface area contributed by atoms with E-state index in [4.69, 9.17) is 5.11 Å². The highest BCUT2D eigenvalue weighted by Gasteiger charge is 2.04. The van der Waals surface area contributed by atoms with Crippen LogP contribution in [0.4, 0.5) is 0 Å². The van der Waals surface area contributed by atoms with Crippen LogP contribution in [-0.2, 0) is 0 Å². The van der Waals surface area contributed by atoms with Crippen LogP contribution < -0.4 is 0 Å². The first kappa shape index (κ1) is 7.66. The van der Waals surface area contributed by atoms with Crippen LogP contribution in [0.2, 0.25) is 0 Å². The Labute approximate surface area is 65.4 Å². The first-order chi connectivity index (χ1) is 5.16. The standard InChI is InChI=1S/C9H10O2/c1-3-7-6(2)4-5-8(10)9(7)11/h3-5,10-11H,1H2,2H3. The molecule has 0 aliphatic carbocycles. The Morgan fingerprint density at radius 1 is 1.36 bits per heavy atom. The maximum Gasteiger partial charge on any atom is 0.165 e. The Hall–Kier alpha value is -1.44. The molecule has 0 saturated carbocycles. The molecule has 0 radical (unpaired) electrons. The van der Waals surface area contributed by atoms with Crippen molar-refractivity contribution in [3.63, 3.8) is 0 Å². The van der Waals surface area contributed by atoms with Gasteiger partial charge in [0.05, 0.1) is 0 Å². The van der Waals surface area contributed by atoms with Gasteiger partial charge in [0.2, 0.25) is 0 Å².